The minimum Gasteiger partial charge on any atom is -0.441 e. The average molecular weight is 310 g/mol. The Hall–Kier alpha value is -2.95. The molecule has 1 amide bonds. The van der Waals surface area contributed by atoms with Gasteiger partial charge in [-0.05, 0) is 37.3 Å². The first-order valence-electron chi connectivity index (χ1n) is 7.44. The van der Waals surface area contributed by atoms with Gasteiger partial charge < -0.3 is 9.57 Å². The standard InChI is InChI=1S/C18H18N2O3/c1-14-12-17(23-20(14)16-10-6-3-7-11-16)13-22-18(21)19-15-8-4-2-5-9-15/h2-12,14H,13H2,1H3,(H,19,21)/t14-/m0/s1. The van der Waals surface area contributed by atoms with Crippen molar-refractivity contribution in [2.45, 2.75) is 13.0 Å². The van der Waals surface area contributed by atoms with Gasteiger partial charge in [-0.3, -0.25) is 5.32 Å². The Bertz CT molecular complexity index is 686. The molecule has 0 spiro atoms. The monoisotopic (exact) mass is 310 g/mol. The predicted octanol–water partition coefficient (Wildman–Crippen LogP) is 3.96. The number of hydrogen-bond acceptors (Lipinski definition) is 4. The number of hydroxylamine groups is 1. The summed E-state index contributed by atoms with van der Waals surface area (Å²) in [5.41, 5.74) is 1.65. The highest BCUT2D eigenvalue weighted by Gasteiger charge is 2.24. The van der Waals surface area contributed by atoms with Crippen molar-refractivity contribution in [2.75, 3.05) is 17.0 Å². The number of benzene rings is 2. The topological polar surface area (TPSA) is 50.8 Å². The number of carbonyl (C=O) groups is 1. The highest BCUT2D eigenvalue weighted by molar-refractivity contribution is 5.84. The number of nitrogens with zero attached hydrogens (tertiary/aromatic N) is 1. The molecule has 0 saturated carbocycles. The lowest BCUT2D eigenvalue weighted by molar-refractivity contribution is 0.127. The summed E-state index contributed by atoms with van der Waals surface area (Å²) in [5.74, 6) is 0.615. The van der Waals surface area contributed by atoms with Gasteiger partial charge in [0.05, 0.1) is 11.7 Å². The molecule has 118 valence electrons. The highest BCUT2D eigenvalue weighted by atomic mass is 16.7. The Labute approximate surface area is 135 Å². The second-order valence-corrected chi connectivity index (χ2v) is 5.19. The Morgan fingerprint density at radius 1 is 1.13 bits per heavy atom. The third kappa shape index (κ3) is 3.83. The lowest BCUT2D eigenvalue weighted by Gasteiger charge is -2.22. The Kier molecular flexibility index (Phi) is 4.47. The fraction of sp³-hybridized carbons (Fsp3) is 0.167. The van der Waals surface area contributed by atoms with E-state index < -0.39 is 6.09 Å². The second kappa shape index (κ2) is 6.87. The molecule has 1 heterocycles. The number of anilines is 2. The summed E-state index contributed by atoms with van der Waals surface area (Å²) in [6.45, 7) is 2.11. The van der Waals surface area contributed by atoms with Crippen molar-refractivity contribution in [3.8, 4) is 0 Å². The number of nitrogens with one attached hydrogen (secondary N) is 1. The van der Waals surface area contributed by atoms with E-state index in [1.54, 1.807) is 17.2 Å². The molecule has 0 unspecified atom stereocenters. The van der Waals surface area contributed by atoms with Crippen LogP contribution in [0.5, 0.6) is 0 Å². The Morgan fingerprint density at radius 3 is 2.48 bits per heavy atom. The third-order valence-corrected chi connectivity index (χ3v) is 3.39. The van der Waals surface area contributed by atoms with Gasteiger partial charge in [-0.25, -0.2) is 9.86 Å². The van der Waals surface area contributed by atoms with E-state index in [-0.39, 0.29) is 12.6 Å². The van der Waals surface area contributed by atoms with Gasteiger partial charge in [0.1, 0.15) is 0 Å². The van der Waals surface area contributed by atoms with Gasteiger partial charge in [0.15, 0.2) is 12.4 Å². The Balaban J connectivity index is 1.51. The summed E-state index contributed by atoms with van der Waals surface area (Å²) < 4.78 is 5.19. The van der Waals surface area contributed by atoms with Crippen molar-refractivity contribution in [3.63, 3.8) is 0 Å². The molecule has 1 aliphatic rings. The molecule has 0 fully saturated rings. The molecule has 1 atom stereocenters. The van der Waals surface area contributed by atoms with E-state index in [0.29, 0.717) is 11.4 Å². The van der Waals surface area contributed by atoms with E-state index in [4.69, 9.17) is 9.57 Å². The minimum atomic E-state index is -0.508. The van der Waals surface area contributed by atoms with Crippen molar-refractivity contribution in [2.24, 2.45) is 0 Å². The molecule has 23 heavy (non-hydrogen) atoms. The smallest absolute Gasteiger partial charge is 0.412 e. The minimum absolute atomic E-state index is 0.0770. The first-order valence-corrected chi connectivity index (χ1v) is 7.44. The van der Waals surface area contributed by atoms with E-state index >= 15 is 0 Å². The van der Waals surface area contributed by atoms with Gasteiger partial charge in [-0.15, -0.1) is 0 Å². The van der Waals surface area contributed by atoms with Gasteiger partial charge in [0.2, 0.25) is 0 Å². The molecule has 2 aromatic carbocycles. The summed E-state index contributed by atoms with van der Waals surface area (Å²) >= 11 is 0. The summed E-state index contributed by atoms with van der Waals surface area (Å²) in [6.07, 6.45) is 1.43. The van der Waals surface area contributed by atoms with E-state index in [1.807, 2.05) is 61.5 Å². The molecule has 0 saturated heterocycles. The van der Waals surface area contributed by atoms with E-state index in [1.165, 1.54) is 0 Å². The molecule has 5 heteroatoms. The van der Waals surface area contributed by atoms with Crippen LogP contribution in [0.2, 0.25) is 0 Å². The Morgan fingerprint density at radius 2 is 1.78 bits per heavy atom. The van der Waals surface area contributed by atoms with Crippen LogP contribution in [-0.2, 0) is 9.57 Å². The first-order chi connectivity index (χ1) is 11.2. The van der Waals surface area contributed by atoms with Gasteiger partial charge in [0, 0.05) is 5.69 Å². The first kappa shape index (κ1) is 15.0. The van der Waals surface area contributed by atoms with Crippen LogP contribution < -0.4 is 10.4 Å². The van der Waals surface area contributed by atoms with E-state index in [2.05, 4.69) is 5.32 Å². The molecule has 0 bridgehead atoms. The zero-order valence-corrected chi connectivity index (χ0v) is 12.8. The lowest BCUT2D eigenvalue weighted by atomic mass is 10.2. The van der Waals surface area contributed by atoms with E-state index in [0.717, 1.165) is 5.69 Å². The summed E-state index contributed by atoms with van der Waals surface area (Å²) in [4.78, 5) is 17.5. The maximum absolute atomic E-state index is 11.8. The molecular formula is C18H18N2O3. The molecular weight excluding hydrogens is 292 g/mol. The average Bonchev–Trinajstić information content (AvgIpc) is 2.96. The zero-order chi connectivity index (χ0) is 16.1. The number of hydrogen-bond donors (Lipinski definition) is 1. The molecule has 2 aromatic rings. The molecule has 0 aliphatic carbocycles. The number of para-hydroxylation sites is 2. The van der Waals surface area contributed by atoms with Crippen LogP contribution in [0.1, 0.15) is 6.92 Å². The van der Waals surface area contributed by atoms with E-state index in [9.17, 15) is 4.79 Å². The van der Waals surface area contributed by atoms with Crippen molar-refractivity contribution < 1.29 is 14.4 Å². The van der Waals surface area contributed by atoms with Crippen LogP contribution in [0.25, 0.3) is 0 Å². The second-order valence-electron chi connectivity index (χ2n) is 5.19. The number of ether oxygens (including phenoxy) is 1. The van der Waals surface area contributed by atoms with Crippen LogP contribution in [0.3, 0.4) is 0 Å². The maximum Gasteiger partial charge on any atom is 0.412 e. The SMILES string of the molecule is C[C@H]1C=C(COC(=O)Nc2ccccc2)ON1c1ccccc1. The summed E-state index contributed by atoms with van der Waals surface area (Å²) in [6, 6.07) is 19.0. The quantitative estimate of drug-likeness (QED) is 0.928. The van der Waals surface area contributed by atoms with Crippen molar-refractivity contribution in [1.29, 1.82) is 0 Å². The fourth-order valence-electron chi connectivity index (χ4n) is 2.33. The molecule has 3 rings (SSSR count). The number of rotatable bonds is 4. The van der Waals surface area contributed by atoms with Crippen LogP contribution in [0, 0.1) is 0 Å². The highest BCUT2D eigenvalue weighted by Crippen LogP contribution is 2.25. The molecule has 1 N–H and O–H groups in total. The molecule has 5 nitrogen and oxygen atoms in total. The molecule has 0 aromatic heterocycles. The number of carbonyl (C=O) groups excluding carboxylic acids is 1. The van der Waals surface area contributed by atoms with Crippen molar-refractivity contribution in [1.82, 2.24) is 0 Å². The number of amides is 1. The van der Waals surface area contributed by atoms with Gasteiger partial charge >= 0.3 is 6.09 Å². The maximum atomic E-state index is 11.8. The van der Waals surface area contributed by atoms with Crippen LogP contribution in [0.15, 0.2) is 72.5 Å². The van der Waals surface area contributed by atoms with Crippen LogP contribution in [-0.4, -0.2) is 18.7 Å². The van der Waals surface area contributed by atoms with Crippen molar-refractivity contribution in [3.05, 3.63) is 72.5 Å². The normalized spacial score (nSPS) is 16.5. The van der Waals surface area contributed by atoms with Crippen LogP contribution in [0.4, 0.5) is 16.2 Å². The van der Waals surface area contributed by atoms with Crippen LogP contribution >= 0.6 is 0 Å². The fourth-order valence-corrected chi connectivity index (χ4v) is 2.33. The van der Waals surface area contributed by atoms with Gasteiger partial charge in [-0.2, -0.15) is 0 Å². The van der Waals surface area contributed by atoms with Crippen molar-refractivity contribution >= 4 is 17.5 Å². The molecule has 1 aliphatic heterocycles. The van der Waals surface area contributed by atoms with Gasteiger partial charge in [-0.1, -0.05) is 36.4 Å². The summed E-state index contributed by atoms with van der Waals surface area (Å²) in [5, 5.41) is 4.45. The lowest BCUT2D eigenvalue weighted by Crippen LogP contribution is -2.26. The van der Waals surface area contributed by atoms with Gasteiger partial charge in [0.25, 0.3) is 0 Å². The third-order valence-electron chi connectivity index (χ3n) is 3.39. The predicted molar refractivity (Wildman–Crippen MR) is 89.0 cm³/mol. The zero-order valence-electron chi connectivity index (χ0n) is 12.8. The molecule has 0 radical (unpaired) electrons. The largest absolute Gasteiger partial charge is 0.441 e. The summed E-state index contributed by atoms with van der Waals surface area (Å²) in [7, 11) is 0.